The fourth-order valence-corrected chi connectivity index (χ4v) is 6.32. The van der Waals surface area contributed by atoms with Gasteiger partial charge in [-0.2, -0.15) is 0 Å². The maximum Gasteiger partial charge on any atom is 0.227 e. The van der Waals surface area contributed by atoms with E-state index in [-0.39, 0.29) is 23.4 Å². The number of unbranched alkanes of at least 4 members (excludes halogenated alkanes) is 2. The lowest BCUT2D eigenvalue weighted by atomic mass is 9.63. The molecule has 0 radical (unpaired) electrons. The number of nitrogens with one attached hydrogen (secondary N) is 1. The molecule has 1 aliphatic rings. The molecule has 0 spiro atoms. The Bertz CT molecular complexity index is 911. The highest BCUT2D eigenvalue weighted by Gasteiger charge is 2.33. The highest BCUT2D eigenvalue weighted by Crippen LogP contribution is 2.59. The molecule has 1 N–H and O–H groups in total. The van der Waals surface area contributed by atoms with Gasteiger partial charge in [-0.3, -0.25) is 14.6 Å². The van der Waals surface area contributed by atoms with Gasteiger partial charge in [0.2, 0.25) is 11.8 Å². The first-order chi connectivity index (χ1) is 14.8. The lowest BCUT2D eigenvalue weighted by Crippen LogP contribution is -2.32. The lowest BCUT2D eigenvalue weighted by Gasteiger charge is -2.26. The third-order valence-electron chi connectivity index (χ3n) is 6.24. The molecule has 2 amide bonds. The van der Waals surface area contributed by atoms with Crippen LogP contribution in [0, 0.1) is 0 Å². The highest BCUT2D eigenvalue weighted by molar-refractivity contribution is 8.33. The molecule has 31 heavy (non-hydrogen) atoms. The Hall–Kier alpha value is -2.21. The molecule has 3 rings (SSSR count). The van der Waals surface area contributed by atoms with E-state index in [4.69, 9.17) is 0 Å². The molecule has 0 fully saturated rings. The van der Waals surface area contributed by atoms with Crippen molar-refractivity contribution in [3.05, 3.63) is 54.4 Å². The van der Waals surface area contributed by atoms with Crippen LogP contribution in [0.15, 0.2) is 53.7 Å². The first kappa shape index (κ1) is 23.5. The van der Waals surface area contributed by atoms with E-state index in [1.54, 1.807) is 6.20 Å². The number of carbonyl (C=O) groups excluding carboxylic acids is 2. The van der Waals surface area contributed by atoms with E-state index in [9.17, 15) is 9.59 Å². The van der Waals surface area contributed by atoms with Crippen molar-refractivity contribution in [3.8, 4) is 0 Å². The van der Waals surface area contributed by atoms with E-state index in [1.165, 1.54) is 4.90 Å². The van der Waals surface area contributed by atoms with Crippen LogP contribution >= 0.6 is 10.0 Å². The molecule has 0 aliphatic carbocycles. The normalized spacial score (nSPS) is 17.4. The lowest BCUT2D eigenvalue weighted by molar-refractivity contribution is -0.121. The molecule has 2 aromatic rings. The zero-order chi connectivity index (χ0) is 22.4. The van der Waals surface area contributed by atoms with Crippen LogP contribution in [0.1, 0.15) is 37.1 Å². The topological polar surface area (TPSA) is 62.3 Å². The van der Waals surface area contributed by atoms with Crippen molar-refractivity contribution in [2.45, 2.75) is 42.2 Å². The van der Waals surface area contributed by atoms with Gasteiger partial charge in [0.15, 0.2) is 0 Å². The monoisotopic (exact) mass is 437 g/mol. The van der Waals surface area contributed by atoms with Gasteiger partial charge in [0, 0.05) is 36.1 Å². The summed E-state index contributed by atoms with van der Waals surface area (Å²) in [6, 6.07) is 12.2. The number of fused-ring (bicyclic) bond motifs is 1. The number of nitrogens with zero attached hydrogens (tertiary/aromatic N) is 2. The summed E-state index contributed by atoms with van der Waals surface area (Å²) in [6.45, 7) is 0.654. The Morgan fingerprint density at radius 3 is 2.65 bits per heavy atom. The van der Waals surface area contributed by atoms with E-state index >= 15 is 0 Å². The maximum atomic E-state index is 12.8. The Balaban J connectivity index is 1.36. The summed E-state index contributed by atoms with van der Waals surface area (Å²) in [5.41, 5.74) is 2.17. The van der Waals surface area contributed by atoms with E-state index < -0.39 is 10.0 Å². The molecule has 0 saturated carbocycles. The maximum absolute atomic E-state index is 12.8. The van der Waals surface area contributed by atoms with Crippen molar-refractivity contribution in [1.82, 2.24) is 10.3 Å². The first-order valence-corrected chi connectivity index (χ1v) is 13.7. The Kier molecular flexibility index (Phi) is 7.87. The van der Waals surface area contributed by atoms with E-state index in [0.29, 0.717) is 13.0 Å². The summed E-state index contributed by atoms with van der Waals surface area (Å²) in [5.74, 6) is 1.14. The molecule has 1 aliphatic heterocycles. The predicted octanol–water partition coefficient (Wildman–Crippen LogP) is 2.28. The minimum atomic E-state index is -0.930. The van der Waals surface area contributed by atoms with Crippen LogP contribution in [0.5, 0.6) is 0 Å². The number of amides is 2. The molecule has 2 heterocycles. The van der Waals surface area contributed by atoms with E-state index in [0.717, 1.165) is 36.4 Å². The average Bonchev–Trinajstić information content (AvgIpc) is 3.06. The van der Waals surface area contributed by atoms with Crippen molar-refractivity contribution in [3.63, 3.8) is 0 Å². The molecule has 0 bridgehead atoms. The summed E-state index contributed by atoms with van der Waals surface area (Å²) in [4.78, 5) is 32.7. The van der Waals surface area contributed by atoms with Gasteiger partial charge in [-0.25, -0.2) is 10.0 Å². The number of pyridine rings is 1. The van der Waals surface area contributed by atoms with E-state index in [2.05, 4.69) is 48.9 Å². The van der Waals surface area contributed by atoms with Crippen LogP contribution in [0.4, 0.5) is 5.69 Å². The number of rotatable bonds is 9. The number of para-hydroxylation sites is 1. The van der Waals surface area contributed by atoms with Gasteiger partial charge in [-0.05, 0) is 54.9 Å². The fraction of sp³-hybridized carbons (Fsp3) is 0.435. The number of carbonyl (C=O) groups is 2. The molecule has 2 atom stereocenters. The second-order valence-corrected chi connectivity index (χ2v) is 12.7. The Labute approximate surface area is 189 Å². The Morgan fingerprint density at radius 1 is 1.13 bits per heavy atom. The van der Waals surface area contributed by atoms with Gasteiger partial charge >= 0.3 is 0 Å². The van der Waals surface area contributed by atoms with Crippen molar-refractivity contribution in [2.75, 3.05) is 29.8 Å². The zero-order valence-electron chi connectivity index (χ0n) is 19.1. The molecule has 0 saturated heterocycles. The molecule has 8 heteroatoms. The van der Waals surface area contributed by atoms with Gasteiger partial charge in [0.25, 0.3) is 0 Å². The summed E-state index contributed by atoms with van der Waals surface area (Å²) in [7, 11) is 3.09. The standard InChI is InChI=1S/C23H33B2N3O2S/c1-31(2)16-28(18-10-5-6-11-19(18)31)20(29)12-4-3-7-14-27-23(30)22(25)21(24)17-9-8-13-26-15-17/h5-6,8-11,13,15,21-22H,3-4,7,12,14,16,24-25H2,1-2H3,(H,27,30). The third kappa shape index (κ3) is 5.73. The van der Waals surface area contributed by atoms with Crippen molar-refractivity contribution in [1.29, 1.82) is 0 Å². The van der Waals surface area contributed by atoms with Gasteiger partial charge in [0.05, 0.1) is 11.6 Å². The zero-order valence-corrected chi connectivity index (χ0v) is 20.0. The van der Waals surface area contributed by atoms with E-state index in [1.807, 2.05) is 37.1 Å². The van der Waals surface area contributed by atoms with Gasteiger partial charge in [0.1, 0.15) is 15.7 Å². The molecular formula is C23H33B2N3O2S. The van der Waals surface area contributed by atoms with Crippen LogP contribution < -0.4 is 10.2 Å². The fourth-order valence-electron chi connectivity index (χ4n) is 4.06. The quantitative estimate of drug-likeness (QED) is 0.484. The number of anilines is 1. The number of hydrogen-bond donors (Lipinski definition) is 1. The van der Waals surface area contributed by atoms with Crippen molar-refractivity contribution < 1.29 is 9.59 Å². The van der Waals surface area contributed by atoms with Crippen molar-refractivity contribution in [2.24, 2.45) is 0 Å². The van der Waals surface area contributed by atoms with Crippen LogP contribution in [0.3, 0.4) is 0 Å². The molecular weight excluding hydrogens is 404 g/mol. The summed E-state index contributed by atoms with van der Waals surface area (Å²) in [6.07, 6.45) is 11.4. The Morgan fingerprint density at radius 2 is 1.90 bits per heavy atom. The minimum absolute atomic E-state index is 0.0753. The molecule has 1 aromatic heterocycles. The number of aromatic nitrogens is 1. The predicted molar refractivity (Wildman–Crippen MR) is 136 cm³/mol. The van der Waals surface area contributed by atoms with Crippen LogP contribution in [-0.2, 0) is 9.59 Å². The SMILES string of the molecule is BC(C(=O)NCCCCCC(=O)N1CS(C)(C)c2ccccc21)C(B)c1cccnc1. The summed E-state index contributed by atoms with van der Waals surface area (Å²) < 4.78 is 0. The highest BCUT2D eigenvalue weighted by atomic mass is 32.3. The van der Waals surface area contributed by atoms with Gasteiger partial charge in [-0.1, -0.05) is 24.6 Å². The van der Waals surface area contributed by atoms with Gasteiger partial charge < -0.3 is 10.2 Å². The summed E-state index contributed by atoms with van der Waals surface area (Å²) >= 11 is 0. The molecule has 1 aromatic carbocycles. The summed E-state index contributed by atoms with van der Waals surface area (Å²) in [5, 5.41) is 3.05. The second kappa shape index (κ2) is 10.4. The minimum Gasteiger partial charge on any atom is -0.356 e. The first-order valence-electron chi connectivity index (χ1n) is 11.1. The molecule has 164 valence electrons. The van der Waals surface area contributed by atoms with Crippen LogP contribution in [0.2, 0.25) is 5.82 Å². The number of benzene rings is 1. The number of hydrogen-bond acceptors (Lipinski definition) is 3. The average molecular weight is 437 g/mol. The van der Waals surface area contributed by atoms with Gasteiger partial charge in [-0.15, -0.1) is 0 Å². The smallest absolute Gasteiger partial charge is 0.227 e. The van der Waals surface area contributed by atoms with Crippen LogP contribution in [-0.4, -0.2) is 57.4 Å². The third-order valence-corrected chi connectivity index (χ3v) is 8.68. The van der Waals surface area contributed by atoms with Crippen molar-refractivity contribution >= 4 is 43.2 Å². The largest absolute Gasteiger partial charge is 0.356 e. The molecule has 2 unspecified atom stereocenters. The second-order valence-electron chi connectivity index (χ2n) is 8.92. The molecule has 5 nitrogen and oxygen atoms in total. The van der Waals surface area contributed by atoms with Crippen LogP contribution in [0.25, 0.3) is 0 Å².